The van der Waals surface area contributed by atoms with Gasteiger partial charge in [-0.1, -0.05) is 29.8 Å². The molecule has 1 aromatic carbocycles. The molecular formula is C11H14BO3-. The van der Waals surface area contributed by atoms with E-state index in [2.05, 4.69) is 6.07 Å². The van der Waals surface area contributed by atoms with Crippen LogP contribution in [0.5, 0.6) is 0 Å². The Morgan fingerprint density at radius 2 is 1.80 bits per heavy atom. The van der Waals surface area contributed by atoms with Crippen molar-refractivity contribution in [3.8, 4) is 0 Å². The molecule has 15 heavy (non-hydrogen) atoms. The van der Waals surface area contributed by atoms with Gasteiger partial charge in [-0.2, -0.15) is 0 Å². The molecule has 0 bridgehead atoms. The lowest BCUT2D eigenvalue weighted by atomic mass is 9.70. The lowest BCUT2D eigenvalue weighted by Crippen LogP contribution is -2.49. The highest BCUT2D eigenvalue weighted by Crippen LogP contribution is 2.31. The molecule has 80 valence electrons. The predicted molar refractivity (Wildman–Crippen MR) is 57.7 cm³/mol. The largest absolute Gasteiger partial charge is 0.537 e. The first-order valence-electron chi connectivity index (χ1n) is 5.42. The quantitative estimate of drug-likeness (QED) is 0.595. The van der Waals surface area contributed by atoms with Crippen LogP contribution in [-0.2, 0) is 20.6 Å². The molecule has 0 radical (unpaired) electrons. The smallest absolute Gasteiger partial charge is 0.410 e. The second kappa shape index (κ2) is 3.08. The van der Waals surface area contributed by atoms with Gasteiger partial charge in [0, 0.05) is 18.8 Å². The van der Waals surface area contributed by atoms with E-state index in [0.29, 0.717) is 6.61 Å². The Morgan fingerprint density at radius 3 is 2.53 bits per heavy atom. The first-order valence-corrected chi connectivity index (χ1v) is 5.42. The lowest BCUT2D eigenvalue weighted by Gasteiger charge is -2.30. The molecule has 2 aliphatic heterocycles. The fourth-order valence-corrected chi connectivity index (χ4v) is 2.34. The topological polar surface area (TPSA) is 27.7 Å². The van der Waals surface area contributed by atoms with Gasteiger partial charge in [0.05, 0.1) is 0 Å². The van der Waals surface area contributed by atoms with Gasteiger partial charge in [0.25, 0.3) is 0 Å². The summed E-state index contributed by atoms with van der Waals surface area (Å²) in [6.07, 6.45) is 0.187. The fourth-order valence-electron chi connectivity index (χ4n) is 2.34. The van der Waals surface area contributed by atoms with Crippen molar-refractivity contribution in [3.63, 3.8) is 0 Å². The summed E-state index contributed by atoms with van der Waals surface area (Å²) in [6.45, 7) is 2.98. The van der Waals surface area contributed by atoms with Crippen molar-refractivity contribution in [2.75, 3.05) is 0 Å². The molecule has 3 rings (SSSR count). The second-order valence-electron chi connectivity index (χ2n) is 4.33. The van der Waals surface area contributed by atoms with Gasteiger partial charge in [0.15, 0.2) is 0 Å². The van der Waals surface area contributed by atoms with Crippen molar-refractivity contribution in [1.82, 2.24) is 0 Å². The Labute approximate surface area is 89.3 Å². The van der Waals surface area contributed by atoms with Gasteiger partial charge in [-0.3, -0.25) is 0 Å². The zero-order valence-corrected chi connectivity index (χ0v) is 8.97. The van der Waals surface area contributed by atoms with Crippen LogP contribution in [0.1, 0.15) is 19.4 Å². The van der Waals surface area contributed by atoms with Crippen molar-refractivity contribution >= 4 is 12.2 Å². The number of hydrogen-bond acceptors (Lipinski definition) is 3. The van der Waals surface area contributed by atoms with Crippen LogP contribution in [0.2, 0.25) is 0 Å². The van der Waals surface area contributed by atoms with E-state index in [1.54, 1.807) is 0 Å². The summed E-state index contributed by atoms with van der Waals surface area (Å²) >= 11 is 0. The summed E-state index contributed by atoms with van der Waals surface area (Å²) in [5.41, 5.74) is 2.26. The highest BCUT2D eigenvalue weighted by molar-refractivity contribution is 6.77. The SMILES string of the molecule is CC1O[B-]2(OCc3ccccc32)OC1C. The highest BCUT2D eigenvalue weighted by Gasteiger charge is 2.45. The van der Waals surface area contributed by atoms with Crippen LogP contribution in [0.25, 0.3) is 0 Å². The van der Waals surface area contributed by atoms with Gasteiger partial charge in [0.1, 0.15) is 0 Å². The molecule has 2 atom stereocenters. The Bertz CT molecular complexity index is 383. The molecule has 4 heteroatoms. The number of hydrogen-bond donors (Lipinski definition) is 0. The van der Waals surface area contributed by atoms with Gasteiger partial charge in [-0.25, -0.2) is 0 Å². The molecule has 1 aromatic rings. The monoisotopic (exact) mass is 205 g/mol. The third-order valence-corrected chi connectivity index (χ3v) is 3.34. The van der Waals surface area contributed by atoms with Crippen LogP contribution in [0, 0.1) is 0 Å². The molecule has 0 saturated carbocycles. The molecule has 2 heterocycles. The molecular weight excluding hydrogens is 191 g/mol. The summed E-state index contributed by atoms with van der Waals surface area (Å²) < 4.78 is 17.5. The van der Waals surface area contributed by atoms with E-state index in [4.69, 9.17) is 14.0 Å². The van der Waals surface area contributed by atoms with E-state index < -0.39 is 6.75 Å². The van der Waals surface area contributed by atoms with Gasteiger partial charge >= 0.3 is 6.75 Å². The van der Waals surface area contributed by atoms with E-state index in [0.717, 1.165) is 5.46 Å². The Balaban J connectivity index is 2.03. The molecule has 0 amide bonds. The van der Waals surface area contributed by atoms with Crippen molar-refractivity contribution in [2.24, 2.45) is 0 Å². The molecule has 0 aliphatic carbocycles. The van der Waals surface area contributed by atoms with Crippen molar-refractivity contribution in [3.05, 3.63) is 29.8 Å². The lowest BCUT2D eigenvalue weighted by molar-refractivity contribution is 0.147. The highest BCUT2D eigenvalue weighted by atomic mass is 16.8. The summed E-state index contributed by atoms with van der Waals surface area (Å²) in [7, 11) is 0. The van der Waals surface area contributed by atoms with Crippen LogP contribution < -0.4 is 5.46 Å². The Kier molecular flexibility index (Phi) is 1.93. The maximum Gasteiger partial charge on any atom is 0.410 e. The van der Waals surface area contributed by atoms with Gasteiger partial charge in [-0.05, 0) is 13.8 Å². The van der Waals surface area contributed by atoms with Crippen LogP contribution >= 0.6 is 0 Å². The predicted octanol–water partition coefficient (Wildman–Crippen LogP) is 1.19. The minimum absolute atomic E-state index is 0.0937. The maximum absolute atomic E-state index is 5.87. The first kappa shape index (κ1) is 9.40. The zero-order chi connectivity index (χ0) is 10.5. The summed E-state index contributed by atoms with van der Waals surface area (Å²) in [5, 5.41) is 0. The van der Waals surface area contributed by atoms with Crippen LogP contribution in [0.4, 0.5) is 0 Å². The van der Waals surface area contributed by atoms with E-state index >= 15 is 0 Å². The second-order valence-corrected chi connectivity index (χ2v) is 4.33. The first-order chi connectivity index (χ1) is 7.21. The van der Waals surface area contributed by atoms with Crippen molar-refractivity contribution < 1.29 is 14.0 Å². The Morgan fingerprint density at radius 1 is 1.13 bits per heavy atom. The molecule has 0 N–H and O–H groups in total. The molecule has 3 nitrogen and oxygen atoms in total. The fraction of sp³-hybridized carbons (Fsp3) is 0.455. The standard InChI is InChI=1S/C11H14BO3/c1-8-9(2)15-12(14-8)11-6-4-3-5-10(11)7-13-12/h3-6,8-9H,7H2,1-2H3/q-1. The average Bonchev–Trinajstić information content (AvgIpc) is 2.72. The summed E-state index contributed by atoms with van der Waals surface area (Å²) in [5.74, 6) is 0. The van der Waals surface area contributed by atoms with Gasteiger partial charge in [0.2, 0.25) is 0 Å². The Hall–Kier alpha value is -0.835. The van der Waals surface area contributed by atoms with E-state index in [1.807, 2.05) is 32.0 Å². The summed E-state index contributed by atoms with van der Waals surface area (Å²) in [4.78, 5) is 0. The van der Waals surface area contributed by atoms with Crippen LogP contribution in [-0.4, -0.2) is 19.0 Å². The van der Waals surface area contributed by atoms with Gasteiger partial charge < -0.3 is 14.0 Å². The van der Waals surface area contributed by atoms with E-state index in [9.17, 15) is 0 Å². The number of rotatable bonds is 0. The van der Waals surface area contributed by atoms with Crippen LogP contribution in [0.3, 0.4) is 0 Å². The maximum atomic E-state index is 5.87. The third-order valence-electron chi connectivity index (χ3n) is 3.34. The minimum Gasteiger partial charge on any atom is -0.537 e. The third kappa shape index (κ3) is 1.25. The number of benzene rings is 1. The molecule has 0 aromatic heterocycles. The van der Waals surface area contributed by atoms with E-state index in [-0.39, 0.29) is 12.2 Å². The molecule has 2 unspecified atom stereocenters. The zero-order valence-electron chi connectivity index (χ0n) is 8.97. The molecule has 1 fully saturated rings. The summed E-state index contributed by atoms with van der Waals surface area (Å²) in [6, 6.07) is 8.11. The normalized spacial score (nSPS) is 38.5. The molecule has 2 aliphatic rings. The minimum atomic E-state index is -1.65. The average molecular weight is 205 g/mol. The molecule has 1 saturated heterocycles. The molecule has 1 spiro atoms. The van der Waals surface area contributed by atoms with Crippen molar-refractivity contribution in [1.29, 1.82) is 0 Å². The van der Waals surface area contributed by atoms with Gasteiger partial charge in [-0.15, -0.1) is 5.46 Å². The number of fused-ring (bicyclic) bond motifs is 2. The van der Waals surface area contributed by atoms with Crippen molar-refractivity contribution in [2.45, 2.75) is 32.7 Å². The van der Waals surface area contributed by atoms with E-state index in [1.165, 1.54) is 5.56 Å². The van der Waals surface area contributed by atoms with Crippen LogP contribution in [0.15, 0.2) is 24.3 Å².